The van der Waals surface area contributed by atoms with Crippen molar-refractivity contribution in [3.63, 3.8) is 0 Å². The van der Waals surface area contributed by atoms with Crippen molar-refractivity contribution in [2.45, 2.75) is 19.3 Å². The van der Waals surface area contributed by atoms with Crippen molar-refractivity contribution >= 4 is 40.8 Å². The van der Waals surface area contributed by atoms with Crippen LogP contribution in [-0.4, -0.2) is 30.9 Å². The number of rotatable bonds is 5. The van der Waals surface area contributed by atoms with Crippen LogP contribution in [0, 0.1) is 5.82 Å². The molecule has 0 bridgehead atoms. The average molecular weight is 489 g/mol. The second kappa shape index (κ2) is 8.38. The molecule has 1 N–H and O–H groups in total. The molecule has 33 heavy (non-hydrogen) atoms. The maximum Gasteiger partial charge on any atom is 0.360 e. The largest absolute Gasteiger partial charge is 0.455 e. The van der Waals surface area contributed by atoms with E-state index in [1.54, 1.807) is 48.4 Å². The SMILES string of the molecule is CC(On1c(=O)[nH]c2nc(-c3cnn(C4C=CN=CO4)c3)ccc21)c1c(Cl)ccc(F)c1Cl. The fourth-order valence-corrected chi connectivity index (χ4v) is 4.10. The van der Waals surface area contributed by atoms with Gasteiger partial charge in [-0.2, -0.15) is 5.10 Å². The standard InChI is InChI=1S/C21H15Cl2FN6O3/c1-11(18-13(22)2-3-14(24)19(18)23)33-30-16-5-4-15(27-20(16)28-21(30)31)12-8-26-29(9-12)17-6-7-25-10-32-17/h2-11,17H,1H3,(H,27,28,31). The minimum Gasteiger partial charge on any atom is -0.455 e. The number of nitrogens with one attached hydrogen (secondary N) is 1. The summed E-state index contributed by atoms with van der Waals surface area (Å²) in [5.41, 5.74) is 1.68. The van der Waals surface area contributed by atoms with Crippen LogP contribution in [0.5, 0.6) is 0 Å². The molecule has 1 aromatic carbocycles. The average Bonchev–Trinajstić information content (AvgIpc) is 3.42. The second-order valence-corrected chi connectivity index (χ2v) is 7.91. The molecule has 0 spiro atoms. The Bertz CT molecular complexity index is 1470. The summed E-state index contributed by atoms with van der Waals surface area (Å²) in [7, 11) is 0. The number of nitrogens with zero attached hydrogens (tertiary/aromatic N) is 5. The number of aromatic nitrogens is 5. The van der Waals surface area contributed by atoms with Crippen LogP contribution in [0.2, 0.25) is 10.0 Å². The van der Waals surface area contributed by atoms with Crippen LogP contribution in [0.1, 0.15) is 24.8 Å². The Morgan fingerprint density at radius 3 is 2.91 bits per heavy atom. The Morgan fingerprint density at radius 2 is 2.12 bits per heavy atom. The predicted molar refractivity (Wildman–Crippen MR) is 121 cm³/mol. The molecule has 12 heteroatoms. The fraction of sp³-hybridized carbons (Fsp3) is 0.143. The summed E-state index contributed by atoms with van der Waals surface area (Å²) >= 11 is 12.2. The Hall–Kier alpha value is -3.63. The molecule has 3 aromatic heterocycles. The number of aromatic amines is 1. The van der Waals surface area contributed by atoms with Gasteiger partial charge in [0, 0.05) is 28.5 Å². The maximum absolute atomic E-state index is 13.9. The molecule has 0 fully saturated rings. The minimum atomic E-state index is -0.817. The fourth-order valence-electron chi connectivity index (χ4n) is 3.42. The van der Waals surface area contributed by atoms with E-state index in [2.05, 4.69) is 20.1 Å². The summed E-state index contributed by atoms with van der Waals surface area (Å²) in [4.78, 5) is 29.3. The summed E-state index contributed by atoms with van der Waals surface area (Å²) < 4.78 is 22.0. The molecule has 1 aliphatic rings. The van der Waals surface area contributed by atoms with Crippen molar-refractivity contribution in [3.8, 4) is 11.3 Å². The van der Waals surface area contributed by atoms with Gasteiger partial charge in [-0.05, 0) is 37.3 Å². The Balaban J connectivity index is 1.45. The molecule has 2 unspecified atom stereocenters. The normalized spacial score (nSPS) is 16.2. The van der Waals surface area contributed by atoms with Crippen LogP contribution in [0.4, 0.5) is 4.39 Å². The number of halogens is 3. The molecule has 9 nitrogen and oxygen atoms in total. The van der Waals surface area contributed by atoms with Crippen molar-refractivity contribution in [1.82, 2.24) is 24.5 Å². The number of H-pyrrole nitrogens is 1. The minimum absolute atomic E-state index is 0.164. The summed E-state index contributed by atoms with van der Waals surface area (Å²) in [5.74, 6) is -0.633. The topological polar surface area (TPSA) is 99.3 Å². The number of pyridine rings is 1. The number of hydrogen-bond acceptors (Lipinski definition) is 6. The molecular formula is C21H15Cl2FN6O3. The van der Waals surface area contributed by atoms with Gasteiger partial charge < -0.3 is 9.57 Å². The molecule has 0 amide bonds. The van der Waals surface area contributed by atoms with Crippen molar-refractivity contribution < 1.29 is 14.0 Å². The lowest BCUT2D eigenvalue weighted by molar-refractivity contribution is 0.0492. The van der Waals surface area contributed by atoms with Gasteiger partial charge in [-0.15, -0.1) is 4.73 Å². The molecule has 5 rings (SSSR count). The second-order valence-electron chi connectivity index (χ2n) is 7.12. The first-order chi connectivity index (χ1) is 15.9. The van der Waals surface area contributed by atoms with E-state index in [0.29, 0.717) is 16.9 Å². The maximum atomic E-state index is 13.9. The zero-order valence-corrected chi connectivity index (χ0v) is 18.5. The Kier molecular flexibility index (Phi) is 5.39. The van der Waals surface area contributed by atoms with Crippen LogP contribution in [-0.2, 0) is 4.74 Å². The Labute approximate surface area is 195 Å². The lowest BCUT2D eigenvalue weighted by Gasteiger charge is -2.17. The molecule has 2 atom stereocenters. The number of aliphatic imine (C=N–C) groups is 1. The molecule has 0 saturated carbocycles. The van der Waals surface area contributed by atoms with E-state index in [1.165, 1.54) is 12.5 Å². The molecule has 0 aliphatic carbocycles. The summed E-state index contributed by atoms with van der Waals surface area (Å²) in [6.07, 6.45) is 6.90. The van der Waals surface area contributed by atoms with E-state index in [1.807, 2.05) is 0 Å². The third-order valence-corrected chi connectivity index (χ3v) is 5.72. The van der Waals surface area contributed by atoms with Gasteiger partial charge >= 0.3 is 5.69 Å². The summed E-state index contributed by atoms with van der Waals surface area (Å²) in [5, 5.41) is 4.36. The van der Waals surface area contributed by atoms with Gasteiger partial charge in [0.25, 0.3) is 0 Å². The van der Waals surface area contributed by atoms with Crippen LogP contribution < -0.4 is 10.5 Å². The molecule has 4 heterocycles. The number of benzene rings is 1. The van der Waals surface area contributed by atoms with Gasteiger partial charge in [0.15, 0.2) is 18.2 Å². The van der Waals surface area contributed by atoms with E-state index >= 15 is 0 Å². The van der Waals surface area contributed by atoms with Gasteiger partial charge in [-0.25, -0.2) is 23.8 Å². The van der Waals surface area contributed by atoms with E-state index in [-0.39, 0.29) is 15.6 Å². The third-order valence-electron chi connectivity index (χ3n) is 5.01. The zero-order valence-electron chi connectivity index (χ0n) is 16.9. The number of imidazole rings is 1. The zero-order chi connectivity index (χ0) is 23.1. The number of fused-ring (bicyclic) bond motifs is 1. The Morgan fingerprint density at radius 1 is 1.27 bits per heavy atom. The summed E-state index contributed by atoms with van der Waals surface area (Å²) in [6.45, 7) is 1.61. The first kappa shape index (κ1) is 21.2. The monoisotopic (exact) mass is 488 g/mol. The smallest absolute Gasteiger partial charge is 0.360 e. The third kappa shape index (κ3) is 3.87. The lowest BCUT2D eigenvalue weighted by Crippen LogP contribution is -2.26. The van der Waals surface area contributed by atoms with Crippen molar-refractivity contribution in [2.75, 3.05) is 0 Å². The van der Waals surface area contributed by atoms with Gasteiger partial charge in [0.2, 0.25) is 6.23 Å². The van der Waals surface area contributed by atoms with Crippen LogP contribution >= 0.6 is 23.2 Å². The van der Waals surface area contributed by atoms with Crippen LogP contribution in [0.25, 0.3) is 22.4 Å². The van der Waals surface area contributed by atoms with Crippen molar-refractivity contribution in [1.29, 1.82) is 0 Å². The van der Waals surface area contributed by atoms with Crippen molar-refractivity contribution in [3.05, 3.63) is 80.8 Å². The predicted octanol–water partition coefficient (Wildman–Crippen LogP) is 4.29. The quantitative estimate of drug-likeness (QED) is 0.422. The highest BCUT2D eigenvalue weighted by atomic mass is 35.5. The van der Waals surface area contributed by atoms with Crippen LogP contribution in [0.15, 0.2) is 58.7 Å². The highest BCUT2D eigenvalue weighted by Crippen LogP contribution is 2.33. The molecule has 168 valence electrons. The molecule has 1 aliphatic heterocycles. The first-order valence-electron chi connectivity index (χ1n) is 9.73. The van der Waals surface area contributed by atoms with Crippen molar-refractivity contribution in [2.24, 2.45) is 4.99 Å². The highest BCUT2D eigenvalue weighted by Gasteiger charge is 2.21. The molecular weight excluding hydrogens is 474 g/mol. The van der Waals surface area contributed by atoms with E-state index in [4.69, 9.17) is 32.8 Å². The molecule has 4 aromatic rings. The molecule has 0 radical (unpaired) electrons. The highest BCUT2D eigenvalue weighted by molar-refractivity contribution is 6.36. The van der Waals surface area contributed by atoms with Gasteiger partial charge in [-0.1, -0.05) is 23.2 Å². The van der Waals surface area contributed by atoms with E-state index in [9.17, 15) is 9.18 Å². The van der Waals surface area contributed by atoms with E-state index in [0.717, 1.165) is 16.4 Å². The van der Waals surface area contributed by atoms with Gasteiger partial charge in [0.05, 0.1) is 16.9 Å². The van der Waals surface area contributed by atoms with Gasteiger partial charge in [0.1, 0.15) is 11.3 Å². The lowest BCUT2D eigenvalue weighted by atomic mass is 10.1. The van der Waals surface area contributed by atoms with E-state index < -0.39 is 23.8 Å². The first-order valence-corrected chi connectivity index (χ1v) is 10.5. The summed E-state index contributed by atoms with van der Waals surface area (Å²) in [6, 6.07) is 5.95. The van der Waals surface area contributed by atoms with Crippen LogP contribution in [0.3, 0.4) is 0 Å². The number of hydrogen-bond donors (Lipinski definition) is 1. The molecule has 0 saturated heterocycles. The number of ether oxygens (including phenoxy) is 1. The van der Waals surface area contributed by atoms with Gasteiger partial charge in [-0.3, -0.25) is 4.98 Å².